The Bertz CT molecular complexity index is 523. The zero-order valence-corrected chi connectivity index (χ0v) is 12.5. The molecule has 0 saturated carbocycles. The van der Waals surface area contributed by atoms with Gasteiger partial charge in [-0.1, -0.05) is 29.8 Å². The van der Waals surface area contributed by atoms with Crippen molar-refractivity contribution in [2.24, 2.45) is 0 Å². The molecule has 0 bridgehead atoms. The van der Waals surface area contributed by atoms with Crippen LogP contribution in [0.2, 0.25) is 0 Å². The number of amides is 1. The molecule has 1 aromatic carbocycles. The van der Waals surface area contributed by atoms with Crippen LogP contribution in [0, 0.1) is 6.92 Å². The highest BCUT2D eigenvalue weighted by molar-refractivity contribution is 5.78. The van der Waals surface area contributed by atoms with Crippen molar-refractivity contribution in [3.05, 3.63) is 35.4 Å². The number of likely N-dealkylation sites (tertiary alicyclic amines) is 1. The van der Waals surface area contributed by atoms with E-state index in [1.54, 1.807) is 0 Å². The summed E-state index contributed by atoms with van der Waals surface area (Å²) < 4.78 is 43.0. The minimum absolute atomic E-state index is 0.0624. The van der Waals surface area contributed by atoms with Crippen LogP contribution in [0.25, 0.3) is 0 Å². The molecule has 1 aromatic rings. The van der Waals surface area contributed by atoms with Gasteiger partial charge >= 0.3 is 6.18 Å². The van der Waals surface area contributed by atoms with Crippen molar-refractivity contribution in [2.45, 2.75) is 25.2 Å². The van der Waals surface area contributed by atoms with Crippen LogP contribution < -0.4 is 5.32 Å². The molecule has 1 aliphatic heterocycles. The number of alkyl halides is 3. The Labute approximate surface area is 127 Å². The fourth-order valence-electron chi connectivity index (χ4n) is 2.38. The number of rotatable bonds is 5. The van der Waals surface area contributed by atoms with E-state index < -0.39 is 11.8 Å². The maximum absolute atomic E-state index is 12.8. The number of carbonyl (C=O) groups is 1. The number of halogens is 3. The van der Waals surface area contributed by atoms with Crippen LogP contribution >= 0.6 is 0 Å². The van der Waals surface area contributed by atoms with Crippen molar-refractivity contribution in [2.75, 3.05) is 26.7 Å². The standard InChI is InChI=1S/C15H19F3N2O2/c1-11-3-5-12(6-4-11)7-19-13(21)8-20-9-14(10-20,22-2)15(16,17)18/h3-6H,7-10H2,1-2H3,(H,19,21). The number of hydrogen-bond donors (Lipinski definition) is 1. The number of hydrogen-bond acceptors (Lipinski definition) is 3. The molecule has 1 saturated heterocycles. The Balaban J connectivity index is 1.76. The normalized spacial score (nSPS) is 17.9. The summed E-state index contributed by atoms with van der Waals surface area (Å²) in [5, 5.41) is 2.70. The summed E-state index contributed by atoms with van der Waals surface area (Å²) in [7, 11) is 1.04. The molecule has 0 atom stereocenters. The van der Waals surface area contributed by atoms with Gasteiger partial charge in [-0.25, -0.2) is 0 Å². The lowest BCUT2D eigenvalue weighted by Crippen LogP contribution is -2.70. The summed E-state index contributed by atoms with van der Waals surface area (Å²) >= 11 is 0. The van der Waals surface area contributed by atoms with Gasteiger partial charge < -0.3 is 10.1 Å². The number of benzene rings is 1. The molecule has 22 heavy (non-hydrogen) atoms. The molecule has 7 heteroatoms. The lowest BCUT2D eigenvalue weighted by Gasteiger charge is -2.49. The molecule has 122 valence electrons. The third-order valence-electron chi connectivity index (χ3n) is 3.84. The summed E-state index contributed by atoms with van der Waals surface area (Å²) in [5.74, 6) is -0.299. The first-order valence-corrected chi connectivity index (χ1v) is 6.92. The highest BCUT2D eigenvalue weighted by Crippen LogP contribution is 2.40. The van der Waals surface area contributed by atoms with Gasteiger partial charge in [-0.2, -0.15) is 13.2 Å². The molecule has 4 nitrogen and oxygen atoms in total. The smallest absolute Gasteiger partial charge is 0.366 e. The molecule has 1 N–H and O–H groups in total. The number of ether oxygens (including phenoxy) is 1. The van der Waals surface area contributed by atoms with Gasteiger partial charge in [0.2, 0.25) is 5.91 Å². The van der Waals surface area contributed by atoms with Gasteiger partial charge in [0.05, 0.1) is 6.54 Å². The molecule has 0 aromatic heterocycles. The third-order valence-corrected chi connectivity index (χ3v) is 3.84. The van der Waals surface area contributed by atoms with Gasteiger partial charge in [-0.15, -0.1) is 0 Å². The first-order chi connectivity index (χ1) is 10.3. The van der Waals surface area contributed by atoms with Crippen LogP contribution in [0.4, 0.5) is 13.2 Å². The summed E-state index contributed by atoms with van der Waals surface area (Å²) in [4.78, 5) is 13.2. The summed E-state index contributed by atoms with van der Waals surface area (Å²) in [6.07, 6.45) is -4.42. The van der Waals surface area contributed by atoms with E-state index in [0.717, 1.165) is 18.2 Å². The molecule has 0 aliphatic carbocycles. The Kier molecular flexibility index (Phi) is 4.77. The van der Waals surface area contributed by atoms with Crippen molar-refractivity contribution in [3.8, 4) is 0 Å². The van der Waals surface area contributed by atoms with E-state index in [4.69, 9.17) is 0 Å². The van der Waals surface area contributed by atoms with E-state index in [1.807, 2.05) is 31.2 Å². The maximum atomic E-state index is 12.8. The summed E-state index contributed by atoms with van der Waals surface area (Å²) in [6, 6.07) is 7.68. The third kappa shape index (κ3) is 3.59. The monoisotopic (exact) mass is 316 g/mol. The van der Waals surface area contributed by atoms with Crippen LogP contribution in [0.5, 0.6) is 0 Å². The van der Waals surface area contributed by atoms with Crippen LogP contribution in [0.3, 0.4) is 0 Å². The maximum Gasteiger partial charge on any atom is 0.419 e. The fourth-order valence-corrected chi connectivity index (χ4v) is 2.38. The summed E-state index contributed by atoms with van der Waals surface area (Å²) in [6.45, 7) is 1.64. The van der Waals surface area contributed by atoms with Gasteiger partial charge in [-0.3, -0.25) is 9.69 Å². The first-order valence-electron chi connectivity index (χ1n) is 6.92. The predicted molar refractivity (Wildman–Crippen MR) is 75.3 cm³/mol. The fraction of sp³-hybridized carbons (Fsp3) is 0.533. The quantitative estimate of drug-likeness (QED) is 0.902. The number of nitrogens with zero attached hydrogens (tertiary/aromatic N) is 1. The second kappa shape index (κ2) is 6.26. The van der Waals surface area contributed by atoms with E-state index in [0.29, 0.717) is 6.54 Å². The second-order valence-corrected chi connectivity index (χ2v) is 5.60. The lowest BCUT2D eigenvalue weighted by atomic mass is 9.93. The number of nitrogens with one attached hydrogen (secondary N) is 1. The van der Waals surface area contributed by atoms with Crippen molar-refractivity contribution in [1.82, 2.24) is 10.2 Å². The van der Waals surface area contributed by atoms with Crippen molar-refractivity contribution < 1.29 is 22.7 Å². The zero-order chi connectivity index (χ0) is 16.4. The lowest BCUT2D eigenvalue weighted by molar-refractivity contribution is -0.309. The molecule has 1 heterocycles. The van der Waals surface area contributed by atoms with Gasteiger partial charge in [0.25, 0.3) is 0 Å². The van der Waals surface area contributed by atoms with E-state index in [-0.39, 0.29) is 25.5 Å². The molecular formula is C15H19F3N2O2. The zero-order valence-electron chi connectivity index (χ0n) is 12.5. The minimum atomic E-state index is -4.42. The number of methoxy groups -OCH3 is 1. The predicted octanol–water partition coefficient (Wildman–Crippen LogP) is 1.87. The van der Waals surface area contributed by atoms with Crippen molar-refractivity contribution >= 4 is 5.91 Å². The molecule has 1 aliphatic rings. The van der Waals surface area contributed by atoms with E-state index in [1.165, 1.54) is 4.90 Å². The van der Waals surface area contributed by atoms with Gasteiger partial charge in [0, 0.05) is 26.7 Å². The van der Waals surface area contributed by atoms with Crippen molar-refractivity contribution in [3.63, 3.8) is 0 Å². The second-order valence-electron chi connectivity index (χ2n) is 5.60. The van der Waals surface area contributed by atoms with Gasteiger partial charge in [0.15, 0.2) is 5.60 Å². The van der Waals surface area contributed by atoms with E-state index >= 15 is 0 Å². The molecular weight excluding hydrogens is 297 g/mol. The average Bonchev–Trinajstić information content (AvgIpc) is 2.40. The van der Waals surface area contributed by atoms with Crippen LogP contribution in [-0.4, -0.2) is 49.3 Å². The Morgan fingerprint density at radius 3 is 2.41 bits per heavy atom. The first kappa shape index (κ1) is 16.8. The van der Waals surface area contributed by atoms with Crippen LogP contribution in [0.15, 0.2) is 24.3 Å². The van der Waals surface area contributed by atoms with Gasteiger partial charge in [-0.05, 0) is 12.5 Å². The van der Waals surface area contributed by atoms with E-state index in [2.05, 4.69) is 10.1 Å². The number of carbonyl (C=O) groups excluding carboxylic acids is 1. The largest absolute Gasteiger partial charge is 0.419 e. The van der Waals surface area contributed by atoms with Crippen LogP contribution in [-0.2, 0) is 16.1 Å². The molecule has 0 unspecified atom stereocenters. The molecule has 2 rings (SSSR count). The topological polar surface area (TPSA) is 41.6 Å². The SMILES string of the molecule is COC1(C(F)(F)F)CN(CC(=O)NCc2ccc(C)cc2)C1. The highest BCUT2D eigenvalue weighted by Gasteiger charge is 2.62. The van der Waals surface area contributed by atoms with Crippen molar-refractivity contribution in [1.29, 1.82) is 0 Å². The Morgan fingerprint density at radius 2 is 1.91 bits per heavy atom. The molecule has 1 amide bonds. The van der Waals surface area contributed by atoms with E-state index in [9.17, 15) is 18.0 Å². The summed E-state index contributed by atoms with van der Waals surface area (Å²) in [5.41, 5.74) is -0.0626. The van der Waals surface area contributed by atoms with Gasteiger partial charge in [0.1, 0.15) is 0 Å². The Hall–Kier alpha value is -1.60. The average molecular weight is 316 g/mol. The Morgan fingerprint density at radius 1 is 1.32 bits per heavy atom. The molecule has 1 fully saturated rings. The molecule has 0 radical (unpaired) electrons. The van der Waals surface area contributed by atoms with Crippen LogP contribution in [0.1, 0.15) is 11.1 Å². The minimum Gasteiger partial charge on any atom is -0.366 e. The highest BCUT2D eigenvalue weighted by atomic mass is 19.4. The number of aryl methyl sites for hydroxylation is 1. The molecule has 0 spiro atoms.